The van der Waals surface area contributed by atoms with Crippen LogP contribution in [0.1, 0.15) is 41.5 Å². The highest BCUT2D eigenvalue weighted by Gasteiger charge is 2.17. The van der Waals surface area contributed by atoms with Crippen LogP contribution in [0, 0.1) is 0 Å². The lowest BCUT2D eigenvalue weighted by Crippen LogP contribution is -2.07. The maximum atomic E-state index is 11.8. The number of hydrogen-bond acceptors (Lipinski definition) is 4. The quantitative estimate of drug-likeness (QED) is 0.462. The Labute approximate surface area is 151 Å². The molecule has 0 fully saturated rings. The van der Waals surface area contributed by atoms with Gasteiger partial charge in [0.15, 0.2) is 6.29 Å². The van der Waals surface area contributed by atoms with Crippen molar-refractivity contribution in [3.63, 3.8) is 0 Å². The van der Waals surface area contributed by atoms with Crippen LogP contribution in [0.2, 0.25) is 0 Å². The van der Waals surface area contributed by atoms with Gasteiger partial charge >= 0.3 is 5.97 Å². The van der Waals surface area contributed by atoms with E-state index in [1.165, 1.54) is 36.9 Å². The summed E-state index contributed by atoms with van der Waals surface area (Å²) in [5.74, 6) is -0.313. The van der Waals surface area contributed by atoms with Crippen molar-refractivity contribution in [1.29, 1.82) is 0 Å². The summed E-state index contributed by atoms with van der Waals surface area (Å²) < 4.78 is 6.60. The molecule has 0 atom stereocenters. The molecule has 0 aliphatic carbocycles. The zero-order valence-corrected chi connectivity index (χ0v) is 15.3. The van der Waals surface area contributed by atoms with E-state index in [0.717, 1.165) is 34.4 Å². The molecule has 2 aromatic heterocycles. The van der Waals surface area contributed by atoms with Gasteiger partial charge in [0.05, 0.1) is 19.2 Å². The first-order valence-corrected chi connectivity index (χ1v) is 9.29. The van der Waals surface area contributed by atoms with Crippen LogP contribution in [-0.2, 0) is 22.4 Å². The Morgan fingerprint density at radius 1 is 1.28 bits per heavy atom. The molecule has 0 saturated carbocycles. The molecule has 3 rings (SSSR count). The minimum atomic E-state index is -0.313. The number of ether oxygens (including phenoxy) is 1. The second-order valence-corrected chi connectivity index (χ2v) is 6.90. The van der Waals surface area contributed by atoms with E-state index in [-0.39, 0.29) is 12.4 Å². The van der Waals surface area contributed by atoms with E-state index in [0.29, 0.717) is 5.69 Å². The van der Waals surface area contributed by atoms with Crippen molar-refractivity contribution < 1.29 is 14.3 Å². The van der Waals surface area contributed by atoms with Gasteiger partial charge < -0.3 is 9.14 Å². The molecule has 0 aliphatic rings. The Morgan fingerprint density at radius 3 is 2.68 bits per heavy atom. The highest BCUT2D eigenvalue weighted by molar-refractivity contribution is 7.15. The second kappa shape index (κ2) is 7.66. The summed E-state index contributed by atoms with van der Waals surface area (Å²) in [6.07, 6.45) is 4.45. The first-order chi connectivity index (χ1) is 12.2. The maximum absolute atomic E-state index is 11.8. The smallest absolute Gasteiger partial charge is 0.311 e. The zero-order chi connectivity index (χ0) is 17.8. The molecular weight excluding hydrogens is 334 g/mol. The summed E-state index contributed by atoms with van der Waals surface area (Å²) >= 11 is 1.52. The van der Waals surface area contributed by atoms with Crippen molar-refractivity contribution in [3.05, 3.63) is 52.7 Å². The fourth-order valence-electron chi connectivity index (χ4n) is 2.99. The van der Waals surface area contributed by atoms with E-state index < -0.39 is 0 Å². The number of hydrogen-bond donors (Lipinski definition) is 0. The number of thiazole rings is 1. The van der Waals surface area contributed by atoms with Crippen molar-refractivity contribution >= 4 is 28.4 Å². The Hall–Kier alpha value is -2.40. The minimum absolute atomic E-state index is 0.154. The predicted octanol–water partition coefficient (Wildman–Crippen LogP) is 4.54. The molecule has 0 spiro atoms. The van der Waals surface area contributed by atoms with E-state index in [4.69, 9.17) is 4.74 Å². The normalized spacial score (nSPS) is 11.0. The number of methoxy groups -OCH3 is 1. The van der Waals surface area contributed by atoms with E-state index in [1.807, 2.05) is 15.8 Å². The number of esters is 1. The van der Waals surface area contributed by atoms with Gasteiger partial charge in [0.2, 0.25) is 0 Å². The van der Waals surface area contributed by atoms with Crippen LogP contribution in [0.5, 0.6) is 0 Å². The zero-order valence-electron chi connectivity index (χ0n) is 14.5. The molecule has 2 heterocycles. The van der Waals surface area contributed by atoms with Crippen LogP contribution in [0.15, 0.2) is 35.7 Å². The molecule has 25 heavy (non-hydrogen) atoms. The molecule has 0 saturated heterocycles. The number of rotatable bonds is 7. The number of aldehydes is 1. The van der Waals surface area contributed by atoms with Gasteiger partial charge in [0.25, 0.3) is 0 Å². The molecule has 0 amide bonds. The van der Waals surface area contributed by atoms with Crippen molar-refractivity contribution in [3.8, 4) is 11.1 Å². The molecule has 3 aromatic rings. The minimum Gasteiger partial charge on any atom is -0.469 e. The third-order valence-corrected chi connectivity index (χ3v) is 5.29. The summed E-state index contributed by atoms with van der Waals surface area (Å²) in [4.78, 5) is 24.3. The number of unbranched alkanes of at least 4 members (excludes halogenated alkanes) is 1. The Kier molecular flexibility index (Phi) is 5.34. The lowest BCUT2D eigenvalue weighted by atomic mass is 10.0. The fourth-order valence-corrected chi connectivity index (χ4v) is 3.94. The van der Waals surface area contributed by atoms with Gasteiger partial charge in [0, 0.05) is 16.6 Å². The number of carbonyl (C=O) groups is 2. The van der Waals surface area contributed by atoms with Crippen molar-refractivity contribution in [2.45, 2.75) is 32.6 Å². The maximum Gasteiger partial charge on any atom is 0.311 e. The fraction of sp³-hybridized carbons (Fsp3) is 0.300. The third-order valence-electron chi connectivity index (χ3n) is 4.36. The standard InChI is InChI=1S/C20H21NO3S/c1-3-4-5-14-6-8-15(9-7-14)17-11-19-21(18(17)12-22)16(13-25-19)10-20(23)24-2/h6-9,11-13H,3-5,10H2,1-2H3. The number of aromatic nitrogens is 1. The van der Waals surface area contributed by atoms with Gasteiger partial charge in [-0.2, -0.15) is 0 Å². The van der Waals surface area contributed by atoms with Crippen molar-refractivity contribution in [2.24, 2.45) is 0 Å². The predicted molar refractivity (Wildman–Crippen MR) is 100 cm³/mol. The highest BCUT2D eigenvalue weighted by atomic mass is 32.1. The van der Waals surface area contributed by atoms with Crippen molar-refractivity contribution in [2.75, 3.05) is 7.11 Å². The van der Waals surface area contributed by atoms with Crippen LogP contribution < -0.4 is 0 Å². The first kappa shape index (κ1) is 17.4. The highest BCUT2D eigenvalue weighted by Crippen LogP contribution is 2.31. The topological polar surface area (TPSA) is 47.8 Å². The van der Waals surface area contributed by atoms with Crippen LogP contribution in [0.25, 0.3) is 16.0 Å². The number of nitrogens with zero attached hydrogens (tertiary/aromatic N) is 1. The summed E-state index contributed by atoms with van der Waals surface area (Å²) in [6, 6.07) is 10.4. The van der Waals surface area contributed by atoms with Gasteiger partial charge in [0.1, 0.15) is 4.83 Å². The van der Waals surface area contributed by atoms with Crippen LogP contribution in [0.4, 0.5) is 0 Å². The largest absolute Gasteiger partial charge is 0.469 e. The van der Waals surface area contributed by atoms with Gasteiger partial charge in [-0.25, -0.2) is 0 Å². The number of benzene rings is 1. The molecule has 1 aromatic carbocycles. The average Bonchev–Trinajstić information content (AvgIpc) is 3.20. The summed E-state index contributed by atoms with van der Waals surface area (Å²) in [7, 11) is 1.37. The molecule has 0 bridgehead atoms. The summed E-state index contributed by atoms with van der Waals surface area (Å²) in [5.41, 5.74) is 4.58. The van der Waals surface area contributed by atoms with E-state index >= 15 is 0 Å². The Morgan fingerprint density at radius 2 is 2.04 bits per heavy atom. The monoisotopic (exact) mass is 355 g/mol. The first-order valence-electron chi connectivity index (χ1n) is 8.41. The lowest BCUT2D eigenvalue weighted by Gasteiger charge is -2.05. The third kappa shape index (κ3) is 3.51. The molecule has 0 aliphatic heterocycles. The number of aryl methyl sites for hydroxylation is 1. The van der Waals surface area contributed by atoms with Crippen molar-refractivity contribution in [1.82, 2.24) is 4.40 Å². The number of carbonyl (C=O) groups excluding carboxylic acids is 2. The lowest BCUT2D eigenvalue weighted by molar-refractivity contribution is -0.139. The molecule has 130 valence electrons. The van der Waals surface area contributed by atoms with Gasteiger partial charge in [-0.1, -0.05) is 37.6 Å². The average molecular weight is 355 g/mol. The van der Waals surface area contributed by atoms with Crippen LogP contribution >= 0.6 is 11.3 Å². The SMILES string of the molecule is CCCCc1ccc(-c2cc3scc(CC(=O)OC)n3c2C=O)cc1. The molecule has 0 radical (unpaired) electrons. The molecule has 4 nitrogen and oxygen atoms in total. The summed E-state index contributed by atoms with van der Waals surface area (Å²) in [5, 5.41) is 1.90. The van der Waals surface area contributed by atoms with Gasteiger partial charge in [-0.3, -0.25) is 9.59 Å². The van der Waals surface area contributed by atoms with E-state index in [1.54, 1.807) is 0 Å². The Balaban J connectivity index is 1.99. The second-order valence-electron chi connectivity index (χ2n) is 6.02. The van der Waals surface area contributed by atoms with Crippen LogP contribution in [0.3, 0.4) is 0 Å². The summed E-state index contributed by atoms with van der Waals surface area (Å²) in [6.45, 7) is 2.19. The Bertz CT molecular complexity index is 890. The van der Waals surface area contributed by atoms with E-state index in [2.05, 4.69) is 31.2 Å². The molecule has 5 heteroatoms. The van der Waals surface area contributed by atoms with E-state index in [9.17, 15) is 9.59 Å². The molecule has 0 unspecified atom stereocenters. The van der Waals surface area contributed by atoms with Gasteiger partial charge in [-0.15, -0.1) is 11.3 Å². The van der Waals surface area contributed by atoms with Gasteiger partial charge in [-0.05, 0) is 30.0 Å². The van der Waals surface area contributed by atoms with Crippen LogP contribution in [-0.4, -0.2) is 23.8 Å². The molecule has 0 N–H and O–H groups in total. The number of fused-ring (bicyclic) bond motifs is 1. The molecular formula is C20H21NO3S.